The maximum Gasteiger partial charge on any atom is 0.242 e. The molecule has 3 rings (SSSR count). The number of carbonyl (C=O) groups is 4. The molecule has 3 amide bonds. The van der Waals surface area contributed by atoms with E-state index < -0.39 is 11.9 Å². The molecule has 0 saturated carbocycles. The first-order chi connectivity index (χ1) is 18.4. The molecule has 2 heterocycles. The molecule has 0 bridgehead atoms. The molecule has 0 aliphatic carbocycles. The second-order valence-electron chi connectivity index (χ2n) is 9.90. The third-order valence-electron chi connectivity index (χ3n) is 6.89. The van der Waals surface area contributed by atoms with Crippen LogP contribution in [0.1, 0.15) is 48.0 Å². The quantitative estimate of drug-likeness (QED) is 0.275. The van der Waals surface area contributed by atoms with Crippen LogP contribution in [0.5, 0.6) is 0 Å². The Morgan fingerprint density at radius 2 is 2.03 bits per heavy atom. The Morgan fingerprint density at radius 1 is 1.24 bits per heavy atom. The van der Waals surface area contributed by atoms with Crippen LogP contribution in [0.25, 0.3) is 0 Å². The smallest absolute Gasteiger partial charge is 0.242 e. The number of ketones is 1. The fraction of sp³-hybridized carbons (Fsp3) is 0.536. The van der Waals surface area contributed by atoms with Crippen molar-refractivity contribution in [3.05, 3.63) is 52.5 Å². The van der Waals surface area contributed by atoms with Crippen LogP contribution >= 0.6 is 11.3 Å². The van der Waals surface area contributed by atoms with Crippen LogP contribution in [0, 0.1) is 5.92 Å². The number of likely N-dealkylation sites (N-methyl/N-ethyl adjacent to an activating group) is 1. The lowest BCUT2D eigenvalue weighted by molar-refractivity contribution is -0.137. The molecule has 2 aromatic rings. The topological polar surface area (TPSA) is 103 Å². The van der Waals surface area contributed by atoms with Crippen LogP contribution in [-0.2, 0) is 20.8 Å². The summed E-state index contributed by atoms with van der Waals surface area (Å²) >= 11 is 1.25. The maximum atomic E-state index is 13.1. The van der Waals surface area contributed by atoms with Gasteiger partial charge in [0.25, 0.3) is 0 Å². The Hall–Kier alpha value is -3.11. The van der Waals surface area contributed by atoms with Gasteiger partial charge in [-0.3, -0.25) is 19.2 Å². The highest BCUT2D eigenvalue weighted by molar-refractivity contribution is 7.11. The average Bonchev–Trinajstić information content (AvgIpc) is 3.45. The van der Waals surface area contributed by atoms with Crippen molar-refractivity contribution in [2.24, 2.45) is 5.92 Å². The number of Topliss-reactive ketones (excluding diaryl/α,β-unsaturated/α-hetero) is 1. The van der Waals surface area contributed by atoms with E-state index in [0.29, 0.717) is 30.9 Å². The number of nitrogens with zero attached hydrogens (tertiary/aromatic N) is 4. The molecular formula is C28H39N5O4S. The second-order valence-corrected chi connectivity index (χ2v) is 10.8. The first-order valence-corrected chi connectivity index (χ1v) is 14.2. The van der Waals surface area contributed by atoms with E-state index in [1.54, 1.807) is 16.5 Å². The third-order valence-corrected chi connectivity index (χ3v) is 7.68. The van der Waals surface area contributed by atoms with Gasteiger partial charge < -0.3 is 20.0 Å². The van der Waals surface area contributed by atoms with Gasteiger partial charge in [-0.05, 0) is 64.1 Å². The molecule has 2 atom stereocenters. The zero-order valence-electron chi connectivity index (χ0n) is 22.4. The SMILES string of the molecule is CCN(CCCc1ccccc1)C(=O)CN(C=O)CC(=O)N[C@@H](CC1CCCN(C)C1)C(=O)c1nccs1. The molecule has 0 radical (unpaired) electrons. The first kappa shape index (κ1) is 29.4. The van der Waals surface area contributed by atoms with Gasteiger partial charge >= 0.3 is 0 Å². The molecule has 1 aromatic heterocycles. The van der Waals surface area contributed by atoms with E-state index in [1.807, 2.05) is 25.1 Å². The maximum absolute atomic E-state index is 13.1. The van der Waals surface area contributed by atoms with Crippen molar-refractivity contribution >= 4 is 35.3 Å². The van der Waals surface area contributed by atoms with Gasteiger partial charge in [0.15, 0.2) is 5.01 Å². The number of carbonyl (C=O) groups excluding carboxylic acids is 4. The van der Waals surface area contributed by atoms with Gasteiger partial charge in [0.2, 0.25) is 24.0 Å². The summed E-state index contributed by atoms with van der Waals surface area (Å²) in [5, 5.41) is 4.93. The summed E-state index contributed by atoms with van der Waals surface area (Å²) in [5.41, 5.74) is 1.21. The van der Waals surface area contributed by atoms with Crippen LogP contribution in [0.4, 0.5) is 0 Å². The fourth-order valence-electron chi connectivity index (χ4n) is 4.93. The van der Waals surface area contributed by atoms with Gasteiger partial charge in [-0.2, -0.15) is 0 Å². The largest absolute Gasteiger partial charge is 0.344 e. The molecule has 9 nitrogen and oxygen atoms in total. The predicted molar refractivity (Wildman–Crippen MR) is 148 cm³/mol. The first-order valence-electron chi connectivity index (χ1n) is 13.3. The van der Waals surface area contributed by atoms with Gasteiger partial charge in [-0.25, -0.2) is 4.98 Å². The Kier molecular flexibility index (Phi) is 11.9. The Morgan fingerprint density at radius 3 is 2.68 bits per heavy atom. The average molecular weight is 542 g/mol. The van der Waals surface area contributed by atoms with Crippen molar-refractivity contribution in [3.63, 3.8) is 0 Å². The van der Waals surface area contributed by atoms with E-state index in [2.05, 4.69) is 34.4 Å². The number of thiazole rings is 1. The predicted octanol–water partition coefficient (Wildman–Crippen LogP) is 2.48. The standard InChI is InChI=1S/C28H39N5O4S/c1-3-33(15-8-11-22-9-5-4-6-10-22)26(36)20-32(21-34)19-25(35)30-24(27(37)28-29-13-16-38-28)17-23-12-7-14-31(2)18-23/h4-6,9-10,13,16,21,23-24H,3,7-8,11-12,14-15,17-20H2,1-2H3,(H,30,35)/t23?,24-/m0/s1. The number of rotatable bonds is 15. The molecular weight excluding hydrogens is 502 g/mol. The number of piperidine rings is 1. The monoisotopic (exact) mass is 541 g/mol. The number of aryl methyl sites for hydroxylation is 1. The van der Waals surface area contributed by atoms with Crippen LogP contribution < -0.4 is 5.32 Å². The number of nitrogens with one attached hydrogen (secondary N) is 1. The minimum Gasteiger partial charge on any atom is -0.344 e. The number of likely N-dealkylation sites (tertiary alicyclic amines) is 1. The van der Waals surface area contributed by atoms with Crippen molar-refractivity contribution in [2.75, 3.05) is 46.3 Å². The molecule has 206 valence electrons. The van der Waals surface area contributed by atoms with Gasteiger partial charge in [0, 0.05) is 31.2 Å². The minimum atomic E-state index is -0.723. The Labute approximate surface area is 229 Å². The second kappa shape index (κ2) is 15.3. The lowest BCUT2D eigenvalue weighted by Crippen LogP contribution is -2.49. The number of benzene rings is 1. The summed E-state index contributed by atoms with van der Waals surface area (Å²) in [6, 6.07) is 9.36. The summed E-state index contributed by atoms with van der Waals surface area (Å²) in [7, 11) is 2.06. The molecule has 38 heavy (non-hydrogen) atoms. The van der Waals surface area contributed by atoms with E-state index >= 15 is 0 Å². The zero-order chi connectivity index (χ0) is 27.3. The number of aromatic nitrogens is 1. The van der Waals surface area contributed by atoms with Gasteiger partial charge in [0.05, 0.1) is 12.6 Å². The molecule has 1 aromatic carbocycles. The summed E-state index contributed by atoms with van der Waals surface area (Å²) in [4.78, 5) is 59.9. The van der Waals surface area contributed by atoms with Gasteiger partial charge in [0.1, 0.15) is 6.54 Å². The summed E-state index contributed by atoms with van der Waals surface area (Å²) < 4.78 is 0. The van der Waals surface area contributed by atoms with Crippen LogP contribution in [0.2, 0.25) is 0 Å². The molecule has 1 aliphatic rings. The van der Waals surface area contributed by atoms with E-state index in [0.717, 1.165) is 43.7 Å². The van der Waals surface area contributed by atoms with Crippen molar-refractivity contribution < 1.29 is 19.2 Å². The highest BCUT2D eigenvalue weighted by Gasteiger charge is 2.29. The van der Waals surface area contributed by atoms with E-state index in [-0.39, 0.29) is 30.7 Å². The minimum absolute atomic E-state index is 0.186. The lowest BCUT2D eigenvalue weighted by atomic mass is 9.90. The molecule has 1 saturated heterocycles. The zero-order valence-corrected chi connectivity index (χ0v) is 23.2. The molecule has 10 heteroatoms. The lowest BCUT2D eigenvalue weighted by Gasteiger charge is -2.32. The van der Waals surface area contributed by atoms with Gasteiger partial charge in [-0.1, -0.05) is 30.3 Å². The van der Waals surface area contributed by atoms with Crippen molar-refractivity contribution in [1.29, 1.82) is 0 Å². The Bertz CT molecular complexity index is 1030. The van der Waals surface area contributed by atoms with E-state index in [4.69, 9.17) is 0 Å². The molecule has 1 aliphatic heterocycles. The van der Waals surface area contributed by atoms with Crippen LogP contribution in [0.15, 0.2) is 41.9 Å². The summed E-state index contributed by atoms with van der Waals surface area (Å²) in [6.45, 7) is 4.41. The van der Waals surface area contributed by atoms with Crippen molar-refractivity contribution in [3.8, 4) is 0 Å². The van der Waals surface area contributed by atoms with E-state index in [1.165, 1.54) is 16.9 Å². The molecule has 1 fully saturated rings. The van der Waals surface area contributed by atoms with Crippen LogP contribution in [0.3, 0.4) is 0 Å². The summed E-state index contributed by atoms with van der Waals surface area (Å²) in [5.74, 6) is -0.608. The molecule has 1 N–H and O–H groups in total. The molecule has 1 unspecified atom stereocenters. The summed E-state index contributed by atoms with van der Waals surface area (Å²) in [6.07, 6.45) is 6.31. The normalized spacial score (nSPS) is 16.4. The molecule has 0 spiro atoms. The van der Waals surface area contributed by atoms with E-state index in [9.17, 15) is 19.2 Å². The van der Waals surface area contributed by atoms with Crippen molar-refractivity contribution in [2.45, 2.75) is 45.1 Å². The third kappa shape index (κ3) is 9.33. The number of amides is 3. The number of hydrogen-bond acceptors (Lipinski definition) is 7. The highest BCUT2D eigenvalue weighted by Crippen LogP contribution is 2.22. The van der Waals surface area contributed by atoms with Crippen molar-refractivity contribution in [1.82, 2.24) is 25.0 Å². The highest BCUT2D eigenvalue weighted by atomic mass is 32.1. The Balaban J connectivity index is 1.54. The van der Waals surface area contributed by atoms with Crippen LogP contribution in [-0.4, -0.2) is 96.0 Å². The number of hydrogen-bond donors (Lipinski definition) is 1. The van der Waals surface area contributed by atoms with Gasteiger partial charge in [-0.15, -0.1) is 11.3 Å². The fourth-order valence-corrected chi connectivity index (χ4v) is 5.56.